The number of aliphatic carboxylic acids is 1. The number of aliphatic hydroxyl groups is 2. The number of carboxylic acid groups (broad SMARTS) is 1. The lowest BCUT2D eigenvalue weighted by Crippen LogP contribution is -2.43. The maximum atomic E-state index is 11.4. The van der Waals surface area contributed by atoms with Crippen LogP contribution in [0, 0.1) is 0 Å². The Bertz CT molecular complexity index is 446. The van der Waals surface area contributed by atoms with Crippen molar-refractivity contribution in [2.45, 2.75) is 25.6 Å². The monoisotopic (exact) mass is 409 g/mol. The standard InChI is InChI=1S/C17H31NO10/c1-13(19)2-4-25-6-8-27-10-11-28-9-7-26-5-3-18-12-14(20)15(21)16(22)17(23)24/h15-16,18,21-22H,2-12H2,1H3,(H,23,24). The van der Waals surface area contributed by atoms with Crippen molar-refractivity contribution in [3.8, 4) is 0 Å². The third-order valence-electron chi connectivity index (χ3n) is 3.32. The highest BCUT2D eigenvalue weighted by molar-refractivity contribution is 5.90. The summed E-state index contributed by atoms with van der Waals surface area (Å²) < 4.78 is 21.0. The molecule has 2 atom stereocenters. The van der Waals surface area contributed by atoms with Gasteiger partial charge in [0.2, 0.25) is 0 Å². The van der Waals surface area contributed by atoms with Crippen molar-refractivity contribution < 1.29 is 48.7 Å². The summed E-state index contributed by atoms with van der Waals surface area (Å²) in [4.78, 5) is 32.5. The van der Waals surface area contributed by atoms with E-state index in [9.17, 15) is 19.5 Å². The van der Waals surface area contributed by atoms with Gasteiger partial charge in [0.1, 0.15) is 5.78 Å². The first-order chi connectivity index (χ1) is 13.4. The number of Topliss-reactive ketones (excluding diaryl/α,β-unsaturated/α-hetero) is 2. The third kappa shape index (κ3) is 15.6. The molecule has 0 aromatic heterocycles. The first-order valence-electron chi connectivity index (χ1n) is 8.99. The van der Waals surface area contributed by atoms with Gasteiger partial charge in [0.25, 0.3) is 0 Å². The molecule has 0 amide bonds. The highest BCUT2D eigenvalue weighted by atomic mass is 16.6. The molecule has 0 spiro atoms. The predicted molar refractivity (Wildman–Crippen MR) is 96.1 cm³/mol. The predicted octanol–water partition coefficient (Wildman–Crippen LogP) is -2.00. The fourth-order valence-electron chi connectivity index (χ4n) is 1.75. The van der Waals surface area contributed by atoms with Crippen LogP contribution in [0.2, 0.25) is 0 Å². The molecule has 0 aliphatic rings. The molecule has 0 aromatic rings. The molecule has 28 heavy (non-hydrogen) atoms. The number of hydrogen-bond donors (Lipinski definition) is 4. The largest absolute Gasteiger partial charge is 0.479 e. The van der Waals surface area contributed by atoms with Crippen molar-refractivity contribution in [2.24, 2.45) is 0 Å². The van der Waals surface area contributed by atoms with Crippen molar-refractivity contribution in [3.63, 3.8) is 0 Å². The van der Waals surface area contributed by atoms with Crippen LogP contribution in [-0.2, 0) is 33.3 Å². The Morgan fingerprint density at radius 1 is 0.786 bits per heavy atom. The van der Waals surface area contributed by atoms with E-state index in [0.29, 0.717) is 65.8 Å². The summed E-state index contributed by atoms with van der Waals surface area (Å²) in [5.74, 6) is -2.38. The van der Waals surface area contributed by atoms with Crippen molar-refractivity contribution >= 4 is 17.5 Å². The van der Waals surface area contributed by atoms with Crippen LogP contribution in [0.25, 0.3) is 0 Å². The van der Waals surface area contributed by atoms with E-state index in [1.807, 2.05) is 0 Å². The van der Waals surface area contributed by atoms with Crippen molar-refractivity contribution in [1.82, 2.24) is 5.32 Å². The molecule has 0 aliphatic carbocycles. The average molecular weight is 409 g/mol. The van der Waals surface area contributed by atoms with Gasteiger partial charge in [-0.3, -0.25) is 9.59 Å². The summed E-state index contributed by atoms with van der Waals surface area (Å²) in [6.45, 7) is 4.67. The Labute approximate surface area is 163 Å². The van der Waals surface area contributed by atoms with E-state index in [2.05, 4.69) is 5.32 Å². The maximum Gasteiger partial charge on any atom is 0.335 e. The van der Waals surface area contributed by atoms with Gasteiger partial charge < -0.3 is 39.6 Å². The van der Waals surface area contributed by atoms with Gasteiger partial charge in [-0.25, -0.2) is 4.79 Å². The van der Waals surface area contributed by atoms with Crippen LogP contribution in [0.1, 0.15) is 13.3 Å². The second kappa shape index (κ2) is 17.6. The van der Waals surface area contributed by atoms with Crippen LogP contribution in [0.4, 0.5) is 0 Å². The lowest BCUT2D eigenvalue weighted by atomic mass is 10.1. The zero-order chi connectivity index (χ0) is 21.2. The summed E-state index contributed by atoms with van der Waals surface area (Å²) in [6.07, 6.45) is -3.69. The Hall–Kier alpha value is -1.47. The summed E-state index contributed by atoms with van der Waals surface area (Å²) in [5.41, 5.74) is 0. The van der Waals surface area contributed by atoms with E-state index < -0.39 is 24.0 Å². The molecular formula is C17H31NO10. The van der Waals surface area contributed by atoms with Gasteiger partial charge in [-0.05, 0) is 6.92 Å². The van der Waals surface area contributed by atoms with Crippen LogP contribution in [0.15, 0.2) is 0 Å². The molecule has 0 saturated carbocycles. The minimum absolute atomic E-state index is 0.0928. The van der Waals surface area contributed by atoms with E-state index in [4.69, 9.17) is 29.2 Å². The molecule has 0 aliphatic heterocycles. The molecule has 0 radical (unpaired) electrons. The lowest BCUT2D eigenvalue weighted by Gasteiger charge is -2.13. The van der Waals surface area contributed by atoms with Gasteiger partial charge >= 0.3 is 5.97 Å². The van der Waals surface area contributed by atoms with Crippen molar-refractivity contribution in [2.75, 3.05) is 65.9 Å². The fraction of sp³-hybridized carbons (Fsp3) is 0.824. The third-order valence-corrected chi connectivity index (χ3v) is 3.32. The Kier molecular flexibility index (Phi) is 16.7. The quantitative estimate of drug-likeness (QED) is 0.165. The minimum atomic E-state index is -2.13. The van der Waals surface area contributed by atoms with E-state index in [-0.39, 0.29) is 12.3 Å². The van der Waals surface area contributed by atoms with Crippen LogP contribution >= 0.6 is 0 Å². The summed E-state index contributed by atoms with van der Waals surface area (Å²) in [5, 5.41) is 29.5. The second-order valence-electron chi connectivity index (χ2n) is 5.77. The van der Waals surface area contributed by atoms with E-state index in [1.54, 1.807) is 0 Å². The normalized spacial score (nSPS) is 13.2. The van der Waals surface area contributed by atoms with Gasteiger partial charge in [0.05, 0.1) is 59.4 Å². The number of rotatable bonds is 20. The number of aliphatic hydroxyl groups excluding tert-OH is 2. The van der Waals surface area contributed by atoms with E-state index in [0.717, 1.165) is 0 Å². The summed E-state index contributed by atoms with van der Waals surface area (Å²) >= 11 is 0. The molecule has 0 rings (SSSR count). The molecular weight excluding hydrogens is 378 g/mol. The average Bonchev–Trinajstić information content (AvgIpc) is 2.65. The molecule has 4 N–H and O–H groups in total. The fourth-order valence-corrected chi connectivity index (χ4v) is 1.75. The maximum absolute atomic E-state index is 11.4. The molecule has 0 bridgehead atoms. The number of ketones is 2. The number of carbonyl (C=O) groups excluding carboxylic acids is 2. The van der Waals surface area contributed by atoms with Crippen molar-refractivity contribution in [1.29, 1.82) is 0 Å². The number of carbonyl (C=O) groups is 3. The summed E-state index contributed by atoms with van der Waals surface area (Å²) in [6, 6.07) is 0. The highest BCUT2D eigenvalue weighted by Crippen LogP contribution is 1.95. The summed E-state index contributed by atoms with van der Waals surface area (Å²) in [7, 11) is 0. The van der Waals surface area contributed by atoms with Gasteiger partial charge in [0.15, 0.2) is 18.0 Å². The first-order valence-corrected chi connectivity index (χ1v) is 8.99. The molecule has 0 fully saturated rings. The van der Waals surface area contributed by atoms with Gasteiger partial charge in [-0.15, -0.1) is 0 Å². The molecule has 2 unspecified atom stereocenters. The zero-order valence-corrected chi connectivity index (χ0v) is 16.1. The Morgan fingerprint density at radius 2 is 1.25 bits per heavy atom. The van der Waals surface area contributed by atoms with Gasteiger partial charge in [-0.2, -0.15) is 0 Å². The SMILES string of the molecule is CC(=O)CCOCCOCCOCCOCCNCC(=O)C(O)C(O)C(=O)O. The highest BCUT2D eigenvalue weighted by Gasteiger charge is 2.29. The number of nitrogens with one attached hydrogen (secondary N) is 1. The lowest BCUT2D eigenvalue weighted by molar-refractivity contribution is -0.157. The Morgan fingerprint density at radius 3 is 1.71 bits per heavy atom. The smallest absolute Gasteiger partial charge is 0.335 e. The number of carboxylic acids is 1. The van der Waals surface area contributed by atoms with Crippen LogP contribution in [0.5, 0.6) is 0 Å². The zero-order valence-electron chi connectivity index (χ0n) is 16.1. The molecule has 0 saturated heterocycles. The molecule has 11 heteroatoms. The second-order valence-corrected chi connectivity index (χ2v) is 5.77. The van der Waals surface area contributed by atoms with Crippen LogP contribution in [0.3, 0.4) is 0 Å². The van der Waals surface area contributed by atoms with Gasteiger partial charge in [-0.1, -0.05) is 0 Å². The van der Waals surface area contributed by atoms with Crippen LogP contribution in [-0.4, -0.2) is 111 Å². The van der Waals surface area contributed by atoms with Crippen molar-refractivity contribution in [3.05, 3.63) is 0 Å². The minimum Gasteiger partial charge on any atom is -0.479 e. The van der Waals surface area contributed by atoms with Crippen LogP contribution < -0.4 is 5.32 Å². The first kappa shape index (κ1) is 26.5. The molecule has 0 heterocycles. The van der Waals surface area contributed by atoms with Gasteiger partial charge in [0, 0.05) is 13.0 Å². The Balaban J connectivity index is 3.31. The molecule has 0 aromatic carbocycles. The van der Waals surface area contributed by atoms with E-state index in [1.165, 1.54) is 6.92 Å². The number of ether oxygens (including phenoxy) is 4. The molecule has 164 valence electrons. The molecule has 11 nitrogen and oxygen atoms in total. The number of hydrogen-bond acceptors (Lipinski definition) is 10. The topological polar surface area (TPSA) is 161 Å². The van der Waals surface area contributed by atoms with E-state index >= 15 is 0 Å².